The number of benzene rings is 1. The van der Waals surface area contributed by atoms with Gasteiger partial charge in [0.1, 0.15) is 42.4 Å². The lowest BCUT2D eigenvalue weighted by Crippen LogP contribution is -2.60. The Morgan fingerprint density at radius 2 is 1.78 bits per heavy atom. The van der Waals surface area contributed by atoms with Gasteiger partial charge >= 0.3 is 11.9 Å². The molecule has 3 rings (SSSR count). The molecule has 172 valence electrons. The summed E-state index contributed by atoms with van der Waals surface area (Å²) in [5.74, 6) is -0.498. The molecule has 6 unspecified atom stereocenters. The monoisotopic (exact) mass is 444 g/mol. The van der Waals surface area contributed by atoms with Crippen LogP contribution in [0.25, 0.3) is 0 Å². The van der Waals surface area contributed by atoms with E-state index in [4.69, 9.17) is 18.9 Å². The maximum absolute atomic E-state index is 11.5. The normalized spacial score (nSPS) is 31.9. The van der Waals surface area contributed by atoms with Crippen LogP contribution in [-0.2, 0) is 23.8 Å². The largest absolute Gasteiger partial charge is 0.479 e. The van der Waals surface area contributed by atoms with Crippen molar-refractivity contribution in [2.75, 3.05) is 6.61 Å². The molecule has 2 aliphatic rings. The van der Waals surface area contributed by atoms with Crippen LogP contribution >= 0.6 is 0 Å². The summed E-state index contributed by atoms with van der Waals surface area (Å²) >= 11 is 0. The summed E-state index contributed by atoms with van der Waals surface area (Å²) in [6, 6.07) is 9.36. The molecule has 0 aromatic heterocycles. The van der Waals surface area contributed by atoms with E-state index >= 15 is 0 Å². The first-order valence-electron chi connectivity index (χ1n) is 10.3. The lowest BCUT2D eigenvalue weighted by atomic mass is 9.90. The number of para-hydroxylation sites is 1. The van der Waals surface area contributed by atoms with Gasteiger partial charge in [0.2, 0.25) is 0 Å². The summed E-state index contributed by atoms with van der Waals surface area (Å²) in [7, 11) is 0. The summed E-state index contributed by atoms with van der Waals surface area (Å²) in [6.45, 7) is 4.07. The molecule has 0 amide bonds. The smallest absolute Gasteiger partial charge is 0.303 e. The number of ether oxygens (including phenoxy) is 4. The average molecular weight is 444 g/mol. The topological polar surface area (TPSA) is 112 Å². The molecule has 32 heavy (non-hydrogen) atoms. The number of aliphatic hydroxyl groups is 2. The summed E-state index contributed by atoms with van der Waals surface area (Å²) in [4.78, 5) is 22.7. The van der Waals surface area contributed by atoms with E-state index in [0.717, 1.165) is 0 Å². The van der Waals surface area contributed by atoms with Gasteiger partial charge < -0.3 is 29.2 Å². The molecule has 0 spiro atoms. The third-order valence-corrected chi connectivity index (χ3v) is 5.17. The molecule has 0 radical (unpaired) electrons. The first kappa shape index (κ1) is 23.7. The van der Waals surface area contributed by atoms with E-state index in [9.17, 15) is 19.8 Å². The SMILES string of the molecule is CC(=O)OCC1OC(C2=CC=CC(C)(Oc3ccccc3)C=C2)C(O)C(O)C1OC(C)=O. The van der Waals surface area contributed by atoms with Gasteiger partial charge in [0.05, 0.1) is 0 Å². The molecule has 0 bridgehead atoms. The molecule has 6 atom stereocenters. The van der Waals surface area contributed by atoms with Crippen LogP contribution < -0.4 is 4.74 Å². The molecule has 0 saturated carbocycles. The predicted octanol–water partition coefficient (Wildman–Crippen LogP) is 1.86. The van der Waals surface area contributed by atoms with Crippen molar-refractivity contribution in [3.8, 4) is 5.75 Å². The number of aliphatic hydroxyl groups excluding tert-OH is 2. The Bertz CT molecular complexity index is 906. The quantitative estimate of drug-likeness (QED) is 0.640. The highest BCUT2D eigenvalue weighted by Crippen LogP contribution is 2.31. The van der Waals surface area contributed by atoms with Crippen LogP contribution in [0.1, 0.15) is 20.8 Å². The number of rotatable bonds is 6. The van der Waals surface area contributed by atoms with E-state index in [0.29, 0.717) is 11.3 Å². The first-order chi connectivity index (χ1) is 15.2. The molecule has 1 aromatic carbocycles. The third kappa shape index (κ3) is 5.85. The Labute approximate surface area is 186 Å². The molecule has 1 heterocycles. The highest BCUT2D eigenvalue weighted by atomic mass is 16.6. The van der Waals surface area contributed by atoms with Crippen molar-refractivity contribution in [2.45, 2.75) is 56.9 Å². The number of hydrogen-bond donors (Lipinski definition) is 2. The van der Waals surface area contributed by atoms with Crippen LogP contribution in [0.4, 0.5) is 0 Å². The number of hydrogen-bond acceptors (Lipinski definition) is 8. The van der Waals surface area contributed by atoms with Crippen LogP contribution in [0, 0.1) is 0 Å². The fourth-order valence-electron chi connectivity index (χ4n) is 3.61. The standard InChI is InChI=1S/C24H28O8/c1-15(25)29-14-19-23(30-16(2)26)21(28)20(27)22(31-19)17-8-7-12-24(3,13-11-17)32-18-9-5-4-6-10-18/h4-13,19-23,27-28H,14H2,1-3H3. The Balaban J connectivity index is 1.80. The van der Waals surface area contributed by atoms with Crippen LogP contribution in [0.15, 0.2) is 66.3 Å². The number of allylic oxidation sites excluding steroid dienone is 2. The van der Waals surface area contributed by atoms with Crippen LogP contribution in [-0.4, -0.2) is 64.9 Å². The van der Waals surface area contributed by atoms with E-state index in [1.54, 1.807) is 18.2 Å². The summed E-state index contributed by atoms with van der Waals surface area (Å²) in [5, 5.41) is 21.4. The van der Waals surface area contributed by atoms with E-state index < -0.39 is 48.1 Å². The van der Waals surface area contributed by atoms with Gasteiger partial charge in [-0.05, 0) is 36.8 Å². The van der Waals surface area contributed by atoms with Crippen molar-refractivity contribution in [3.63, 3.8) is 0 Å². The van der Waals surface area contributed by atoms with Gasteiger partial charge in [-0.1, -0.05) is 36.4 Å². The zero-order chi connectivity index (χ0) is 23.3. The lowest BCUT2D eigenvalue weighted by molar-refractivity contribution is -0.232. The maximum Gasteiger partial charge on any atom is 0.303 e. The van der Waals surface area contributed by atoms with Gasteiger partial charge in [0, 0.05) is 13.8 Å². The second-order valence-electron chi connectivity index (χ2n) is 7.91. The molecule has 1 aromatic rings. The van der Waals surface area contributed by atoms with Gasteiger partial charge in [-0.3, -0.25) is 9.59 Å². The highest BCUT2D eigenvalue weighted by molar-refractivity contribution is 5.66. The zero-order valence-corrected chi connectivity index (χ0v) is 18.2. The molecular formula is C24H28O8. The molecular weight excluding hydrogens is 416 g/mol. The maximum atomic E-state index is 11.5. The molecule has 1 aliphatic carbocycles. The Hall–Kier alpha value is -2.94. The van der Waals surface area contributed by atoms with Gasteiger partial charge in [-0.2, -0.15) is 0 Å². The Kier molecular flexibility index (Phi) is 7.50. The Morgan fingerprint density at radius 3 is 2.44 bits per heavy atom. The first-order valence-corrected chi connectivity index (χ1v) is 10.3. The number of carbonyl (C=O) groups excluding carboxylic acids is 2. The zero-order valence-electron chi connectivity index (χ0n) is 18.2. The van der Waals surface area contributed by atoms with Gasteiger partial charge in [0.25, 0.3) is 0 Å². The molecule has 1 aliphatic heterocycles. The van der Waals surface area contributed by atoms with E-state index in [1.807, 2.05) is 49.4 Å². The summed E-state index contributed by atoms with van der Waals surface area (Å²) in [6.07, 6.45) is 3.03. The van der Waals surface area contributed by atoms with Crippen molar-refractivity contribution in [1.82, 2.24) is 0 Å². The van der Waals surface area contributed by atoms with E-state index in [1.165, 1.54) is 13.8 Å². The fourth-order valence-corrected chi connectivity index (χ4v) is 3.61. The van der Waals surface area contributed by atoms with Crippen molar-refractivity contribution >= 4 is 11.9 Å². The average Bonchev–Trinajstić information content (AvgIpc) is 2.93. The summed E-state index contributed by atoms with van der Waals surface area (Å²) in [5.41, 5.74) is -0.183. The third-order valence-electron chi connectivity index (χ3n) is 5.17. The minimum atomic E-state index is -1.44. The number of esters is 2. The molecule has 1 saturated heterocycles. The van der Waals surface area contributed by atoms with Crippen molar-refractivity contribution in [3.05, 3.63) is 66.3 Å². The number of carbonyl (C=O) groups is 2. The van der Waals surface area contributed by atoms with Gasteiger partial charge in [0.15, 0.2) is 6.10 Å². The highest BCUT2D eigenvalue weighted by Gasteiger charge is 2.47. The second kappa shape index (κ2) is 10.1. The van der Waals surface area contributed by atoms with Crippen molar-refractivity contribution in [1.29, 1.82) is 0 Å². The van der Waals surface area contributed by atoms with E-state index in [-0.39, 0.29) is 6.61 Å². The predicted molar refractivity (Wildman–Crippen MR) is 115 cm³/mol. The van der Waals surface area contributed by atoms with Crippen LogP contribution in [0.3, 0.4) is 0 Å². The lowest BCUT2D eigenvalue weighted by Gasteiger charge is -2.42. The fraction of sp³-hybridized carbons (Fsp3) is 0.417. The van der Waals surface area contributed by atoms with Gasteiger partial charge in [-0.15, -0.1) is 0 Å². The molecule has 8 nitrogen and oxygen atoms in total. The van der Waals surface area contributed by atoms with Crippen molar-refractivity contribution < 1.29 is 38.7 Å². The second-order valence-corrected chi connectivity index (χ2v) is 7.91. The van der Waals surface area contributed by atoms with E-state index in [2.05, 4.69) is 0 Å². The summed E-state index contributed by atoms with van der Waals surface area (Å²) < 4.78 is 22.2. The van der Waals surface area contributed by atoms with Crippen LogP contribution in [0.5, 0.6) is 5.75 Å². The van der Waals surface area contributed by atoms with Gasteiger partial charge in [-0.25, -0.2) is 0 Å². The molecule has 1 fully saturated rings. The molecule has 2 N–H and O–H groups in total. The Morgan fingerprint density at radius 1 is 1.06 bits per heavy atom. The minimum Gasteiger partial charge on any atom is -0.479 e. The molecule has 8 heteroatoms. The van der Waals surface area contributed by atoms with Crippen molar-refractivity contribution in [2.24, 2.45) is 0 Å². The minimum absolute atomic E-state index is 0.241. The van der Waals surface area contributed by atoms with Crippen LogP contribution in [0.2, 0.25) is 0 Å².